The molecule has 0 saturated carbocycles. The third-order valence-electron chi connectivity index (χ3n) is 3.42. The van der Waals surface area contributed by atoms with E-state index in [-0.39, 0.29) is 17.2 Å². The van der Waals surface area contributed by atoms with Gasteiger partial charge in [0.15, 0.2) is 0 Å². The molecule has 0 aromatic heterocycles. The molecule has 0 aliphatic carbocycles. The number of non-ortho nitro benzene ring substituents is 1. The first-order valence-corrected chi connectivity index (χ1v) is 8.52. The minimum atomic E-state index is -0.549. The average Bonchev–Trinajstić information content (AvgIpc) is 2.91. The molecule has 1 aliphatic rings. The highest BCUT2D eigenvalue weighted by Gasteiger charge is 2.25. The van der Waals surface area contributed by atoms with E-state index < -0.39 is 16.1 Å². The third kappa shape index (κ3) is 4.22. The van der Waals surface area contributed by atoms with E-state index in [2.05, 4.69) is 5.32 Å². The maximum absolute atomic E-state index is 11.7. The Bertz CT molecular complexity index is 945. The zero-order valence-electron chi connectivity index (χ0n) is 13.1. The van der Waals surface area contributed by atoms with Crippen LogP contribution in [0.2, 0.25) is 5.02 Å². The van der Waals surface area contributed by atoms with Crippen molar-refractivity contribution in [2.45, 2.75) is 6.61 Å². The number of nitro groups is 1. The number of halogens is 1. The van der Waals surface area contributed by atoms with E-state index in [1.54, 1.807) is 18.2 Å². The van der Waals surface area contributed by atoms with Crippen molar-refractivity contribution in [1.29, 1.82) is 0 Å². The summed E-state index contributed by atoms with van der Waals surface area (Å²) in [7, 11) is 0. The van der Waals surface area contributed by atoms with Crippen molar-refractivity contribution >= 4 is 46.3 Å². The average molecular weight is 391 g/mol. The van der Waals surface area contributed by atoms with Gasteiger partial charge in [-0.25, -0.2) is 0 Å². The van der Waals surface area contributed by atoms with Crippen molar-refractivity contribution in [2.75, 3.05) is 0 Å². The van der Waals surface area contributed by atoms with Gasteiger partial charge < -0.3 is 4.74 Å². The van der Waals surface area contributed by atoms with Crippen molar-refractivity contribution in [3.63, 3.8) is 0 Å². The molecule has 9 heteroatoms. The largest absolute Gasteiger partial charge is 0.488 e. The summed E-state index contributed by atoms with van der Waals surface area (Å²) < 4.78 is 5.73. The summed E-state index contributed by atoms with van der Waals surface area (Å²) in [6.45, 7) is 0.187. The van der Waals surface area contributed by atoms with Gasteiger partial charge in [0.05, 0.1) is 9.83 Å². The first-order chi connectivity index (χ1) is 12.4. The van der Waals surface area contributed by atoms with E-state index in [1.807, 2.05) is 6.07 Å². The highest BCUT2D eigenvalue weighted by molar-refractivity contribution is 8.18. The Labute approximate surface area is 157 Å². The maximum atomic E-state index is 11.7. The molecule has 1 aliphatic heterocycles. The van der Waals surface area contributed by atoms with E-state index in [9.17, 15) is 19.7 Å². The number of benzene rings is 2. The molecule has 2 aromatic carbocycles. The number of amides is 2. The van der Waals surface area contributed by atoms with Gasteiger partial charge in [-0.3, -0.25) is 25.0 Å². The zero-order valence-corrected chi connectivity index (χ0v) is 14.7. The molecule has 0 atom stereocenters. The number of hydrogen-bond acceptors (Lipinski definition) is 6. The fourth-order valence-corrected chi connectivity index (χ4v) is 3.13. The van der Waals surface area contributed by atoms with Gasteiger partial charge in [-0.2, -0.15) is 0 Å². The lowest BCUT2D eigenvalue weighted by Gasteiger charge is -2.10. The number of nitrogens with one attached hydrogen (secondary N) is 1. The monoisotopic (exact) mass is 390 g/mol. The predicted molar refractivity (Wildman–Crippen MR) is 98.0 cm³/mol. The molecule has 7 nitrogen and oxygen atoms in total. The van der Waals surface area contributed by atoms with Gasteiger partial charge in [0, 0.05) is 22.7 Å². The number of nitrogens with zero attached hydrogens (tertiary/aromatic N) is 1. The number of imide groups is 1. The summed E-state index contributed by atoms with van der Waals surface area (Å²) in [6.07, 6.45) is 1.39. The number of nitro benzene ring substituents is 1. The fourth-order valence-electron chi connectivity index (χ4n) is 2.24. The summed E-state index contributed by atoms with van der Waals surface area (Å²) in [6, 6.07) is 11.1. The van der Waals surface area contributed by atoms with Gasteiger partial charge in [0.1, 0.15) is 12.4 Å². The normalized spacial score (nSPS) is 15.2. The molecule has 2 aromatic rings. The highest BCUT2D eigenvalue weighted by Crippen LogP contribution is 2.32. The second kappa shape index (κ2) is 7.59. The molecule has 1 saturated heterocycles. The molecule has 0 radical (unpaired) electrons. The smallest absolute Gasteiger partial charge is 0.290 e. The third-order valence-corrected chi connectivity index (χ3v) is 4.46. The maximum Gasteiger partial charge on any atom is 0.290 e. The SMILES string of the molecule is O=C1NC(=O)/C(=C/c2cc([N+](=O)[O-])ccc2OCc2cccc(Cl)c2)S1. The van der Waals surface area contributed by atoms with Crippen LogP contribution >= 0.6 is 23.4 Å². The number of rotatable bonds is 5. The molecule has 1 heterocycles. The lowest BCUT2D eigenvalue weighted by Crippen LogP contribution is -2.17. The molecule has 0 bridgehead atoms. The van der Waals surface area contributed by atoms with Crippen LogP contribution in [0.4, 0.5) is 10.5 Å². The number of hydrogen-bond donors (Lipinski definition) is 1. The lowest BCUT2D eigenvalue weighted by atomic mass is 10.1. The van der Waals surface area contributed by atoms with Crippen LogP contribution in [0, 0.1) is 10.1 Å². The van der Waals surface area contributed by atoms with Crippen LogP contribution in [0.1, 0.15) is 11.1 Å². The highest BCUT2D eigenvalue weighted by atomic mass is 35.5. The van der Waals surface area contributed by atoms with Crippen molar-refractivity contribution in [2.24, 2.45) is 0 Å². The van der Waals surface area contributed by atoms with E-state index >= 15 is 0 Å². The Balaban J connectivity index is 1.91. The first kappa shape index (κ1) is 18.0. The standard InChI is InChI=1S/C17H11ClN2O5S/c18-12-3-1-2-10(6-12)9-25-14-5-4-13(20(23)24)7-11(14)8-15-16(21)19-17(22)26-15/h1-8H,9H2,(H,19,21,22)/b15-8-. The van der Waals surface area contributed by atoms with E-state index in [0.717, 1.165) is 17.3 Å². The van der Waals surface area contributed by atoms with Gasteiger partial charge in [-0.1, -0.05) is 23.7 Å². The molecule has 0 spiro atoms. The summed E-state index contributed by atoms with van der Waals surface area (Å²) in [5.41, 5.74) is 0.993. The Hall–Kier alpha value is -2.84. The summed E-state index contributed by atoms with van der Waals surface area (Å²) in [5, 5.41) is 13.2. The second-order valence-electron chi connectivity index (χ2n) is 5.25. The summed E-state index contributed by atoms with van der Waals surface area (Å²) in [5.74, 6) is -0.205. The van der Waals surface area contributed by atoms with E-state index in [4.69, 9.17) is 16.3 Å². The fraction of sp³-hybridized carbons (Fsp3) is 0.0588. The van der Waals surface area contributed by atoms with Gasteiger partial charge >= 0.3 is 0 Å². The Morgan fingerprint density at radius 3 is 2.69 bits per heavy atom. The van der Waals surface area contributed by atoms with E-state index in [0.29, 0.717) is 16.3 Å². The number of carbonyl (C=O) groups is 2. The number of carbonyl (C=O) groups excluding carboxylic acids is 2. The van der Waals surface area contributed by atoms with Crippen LogP contribution in [0.3, 0.4) is 0 Å². The van der Waals surface area contributed by atoms with Crippen LogP contribution in [0.5, 0.6) is 5.75 Å². The minimum Gasteiger partial charge on any atom is -0.488 e. The number of ether oxygens (including phenoxy) is 1. The van der Waals surface area contributed by atoms with Crippen molar-refractivity contribution in [3.05, 3.63) is 73.6 Å². The van der Waals surface area contributed by atoms with Crippen LogP contribution in [-0.2, 0) is 11.4 Å². The molecule has 132 valence electrons. The van der Waals surface area contributed by atoms with Gasteiger partial charge in [-0.05, 0) is 41.6 Å². The van der Waals surface area contributed by atoms with Gasteiger partial charge in [-0.15, -0.1) is 0 Å². The summed E-state index contributed by atoms with van der Waals surface area (Å²) in [4.78, 5) is 33.6. The first-order valence-electron chi connectivity index (χ1n) is 7.33. The quantitative estimate of drug-likeness (QED) is 0.467. The molecule has 1 fully saturated rings. The van der Waals surface area contributed by atoms with Crippen molar-refractivity contribution in [1.82, 2.24) is 5.32 Å². The molecule has 0 unspecified atom stereocenters. The Morgan fingerprint density at radius 1 is 1.23 bits per heavy atom. The van der Waals surface area contributed by atoms with Crippen LogP contribution in [0.15, 0.2) is 47.4 Å². The Kier molecular flexibility index (Phi) is 5.24. The van der Waals surface area contributed by atoms with Gasteiger partial charge in [0.25, 0.3) is 16.8 Å². The molecular formula is C17H11ClN2O5S. The van der Waals surface area contributed by atoms with Crippen LogP contribution in [0.25, 0.3) is 6.08 Å². The van der Waals surface area contributed by atoms with Crippen molar-refractivity contribution in [3.8, 4) is 5.75 Å². The lowest BCUT2D eigenvalue weighted by molar-refractivity contribution is -0.384. The van der Waals surface area contributed by atoms with Crippen molar-refractivity contribution < 1.29 is 19.2 Å². The molecule has 1 N–H and O–H groups in total. The zero-order chi connectivity index (χ0) is 18.7. The minimum absolute atomic E-state index is 0.142. The summed E-state index contributed by atoms with van der Waals surface area (Å²) >= 11 is 6.66. The number of thioether (sulfide) groups is 1. The van der Waals surface area contributed by atoms with Crippen LogP contribution in [-0.4, -0.2) is 16.1 Å². The van der Waals surface area contributed by atoms with Gasteiger partial charge in [0.2, 0.25) is 0 Å². The predicted octanol–water partition coefficient (Wildman–Crippen LogP) is 4.15. The second-order valence-corrected chi connectivity index (χ2v) is 6.70. The van der Waals surface area contributed by atoms with E-state index in [1.165, 1.54) is 24.3 Å². The molecule has 26 heavy (non-hydrogen) atoms. The van der Waals surface area contributed by atoms with Crippen LogP contribution < -0.4 is 10.1 Å². The molecule has 3 rings (SSSR count). The Morgan fingerprint density at radius 2 is 2.04 bits per heavy atom. The molecular weight excluding hydrogens is 380 g/mol. The molecule has 2 amide bonds. The topological polar surface area (TPSA) is 98.5 Å².